The van der Waals surface area contributed by atoms with Gasteiger partial charge in [-0.25, -0.2) is 0 Å². The summed E-state index contributed by atoms with van der Waals surface area (Å²) in [6.07, 6.45) is 4.56. The molecule has 0 saturated carbocycles. The fourth-order valence-electron chi connectivity index (χ4n) is 1.59. The van der Waals surface area contributed by atoms with E-state index in [2.05, 4.69) is 43.8 Å². The van der Waals surface area contributed by atoms with Crippen molar-refractivity contribution in [2.24, 2.45) is 0 Å². The van der Waals surface area contributed by atoms with Gasteiger partial charge in [0.25, 0.3) is 0 Å². The van der Waals surface area contributed by atoms with E-state index in [0.29, 0.717) is 30.2 Å². The predicted molar refractivity (Wildman–Crippen MR) is 117 cm³/mol. The van der Waals surface area contributed by atoms with Crippen LogP contribution in [0, 0.1) is 9.54 Å². The van der Waals surface area contributed by atoms with Gasteiger partial charge >= 0.3 is 0 Å². The minimum atomic E-state index is 0.438. The Bertz CT molecular complexity index is 739. The van der Waals surface area contributed by atoms with Gasteiger partial charge in [-0.05, 0) is 58.9 Å². The summed E-state index contributed by atoms with van der Waals surface area (Å²) in [5, 5.41) is 2.81. The van der Waals surface area contributed by atoms with E-state index in [1.54, 1.807) is 23.5 Å². The number of nitrogens with zero attached hydrogens (tertiary/aromatic N) is 4. The van der Waals surface area contributed by atoms with Crippen LogP contribution in [0.3, 0.4) is 0 Å². The number of nitrogens with one attached hydrogen (secondary N) is 2. The second-order valence-electron chi connectivity index (χ2n) is 5.05. The van der Waals surface area contributed by atoms with Crippen LogP contribution < -0.4 is 0 Å². The average molecular weight is 465 g/mol. The molecular weight excluding hydrogens is 445 g/mol. The molecule has 2 aromatic rings. The van der Waals surface area contributed by atoms with Crippen molar-refractivity contribution < 1.29 is 0 Å². The van der Waals surface area contributed by atoms with Crippen LogP contribution in [0.25, 0.3) is 0 Å². The van der Waals surface area contributed by atoms with E-state index in [0.717, 1.165) is 37.2 Å². The van der Waals surface area contributed by atoms with Crippen LogP contribution in [0.15, 0.2) is 20.6 Å². The Morgan fingerprint density at radius 3 is 1.54 bits per heavy atom. The highest BCUT2D eigenvalue weighted by Gasteiger charge is 2.08. The maximum atomic E-state index is 5.20. The van der Waals surface area contributed by atoms with Crippen LogP contribution in [-0.2, 0) is 0 Å². The van der Waals surface area contributed by atoms with Crippen LogP contribution >= 0.6 is 69.5 Å². The standard InChI is InChI=1S/C14H20N6S6/c1-3-5-7-23-11-15-9(21)17-13(19-11)25-26-14-18-10(22)16-12(20-14)24-8-6-4-2/h3-8H2,1-2H3,(H,15,17,19,21)(H,16,18,20,22). The van der Waals surface area contributed by atoms with Gasteiger partial charge in [0.15, 0.2) is 20.6 Å². The molecule has 0 aliphatic rings. The molecule has 6 nitrogen and oxygen atoms in total. The number of hydrogen-bond acceptors (Lipinski definition) is 10. The zero-order valence-corrected chi connectivity index (χ0v) is 19.4. The molecular formula is C14H20N6S6. The van der Waals surface area contributed by atoms with Gasteiger partial charge in [0.05, 0.1) is 0 Å². The van der Waals surface area contributed by atoms with Gasteiger partial charge in [-0.3, -0.25) is 0 Å². The smallest absolute Gasteiger partial charge is 0.201 e. The molecule has 0 radical (unpaired) electrons. The lowest BCUT2D eigenvalue weighted by atomic mass is 10.4. The summed E-state index contributed by atoms with van der Waals surface area (Å²) in [4.78, 5) is 23.6. The fraction of sp³-hybridized carbons (Fsp3) is 0.571. The lowest BCUT2D eigenvalue weighted by molar-refractivity contribution is 0.784. The Morgan fingerprint density at radius 1 is 0.731 bits per heavy atom. The van der Waals surface area contributed by atoms with Crippen LogP contribution in [0.5, 0.6) is 0 Å². The lowest BCUT2D eigenvalue weighted by Crippen LogP contribution is -1.96. The zero-order chi connectivity index (χ0) is 18.8. The molecule has 2 aromatic heterocycles. The SMILES string of the molecule is CCCCSc1nc(SSc2nc(SCCCC)nc(=S)[nH]2)[nH]c(=S)n1. The zero-order valence-electron chi connectivity index (χ0n) is 14.5. The van der Waals surface area contributed by atoms with Crippen molar-refractivity contribution in [3.8, 4) is 0 Å². The molecule has 2 heterocycles. The Labute approximate surface area is 179 Å². The molecule has 0 unspecified atom stereocenters. The molecule has 0 amide bonds. The molecule has 2 rings (SSSR count). The number of aromatic amines is 2. The van der Waals surface area contributed by atoms with Crippen LogP contribution in [-0.4, -0.2) is 41.4 Å². The van der Waals surface area contributed by atoms with Crippen LogP contribution in [0.2, 0.25) is 0 Å². The molecule has 0 aromatic carbocycles. The summed E-state index contributed by atoms with van der Waals surface area (Å²) in [6, 6.07) is 0. The van der Waals surface area contributed by atoms with E-state index in [1.807, 2.05) is 0 Å². The maximum Gasteiger partial charge on any atom is 0.201 e. The van der Waals surface area contributed by atoms with Gasteiger partial charge in [0.2, 0.25) is 9.54 Å². The van der Waals surface area contributed by atoms with Gasteiger partial charge in [0, 0.05) is 11.5 Å². The normalized spacial score (nSPS) is 11.0. The second kappa shape index (κ2) is 12.3. The largest absolute Gasteiger partial charge is 0.309 e. The highest BCUT2D eigenvalue weighted by atomic mass is 33.1. The summed E-state index contributed by atoms with van der Waals surface area (Å²) < 4.78 is 0.877. The van der Waals surface area contributed by atoms with Crippen molar-refractivity contribution in [1.29, 1.82) is 0 Å². The predicted octanol–water partition coefficient (Wildman–Crippen LogP) is 5.97. The molecule has 0 atom stereocenters. The van der Waals surface area contributed by atoms with Gasteiger partial charge in [-0.2, -0.15) is 19.9 Å². The Morgan fingerprint density at radius 2 is 1.15 bits per heavy atom. The van der Waals surface area contributed by atoms with Crippen LogP contribution in [0.1, 0.15) is 39.5 Å². The Kier molecular flexibility index (Phi) is 10.5. The van der Waals surface area contributed by atoms with E-state index in [4.69, 9.17) is 24.4 Å². The number of aromatic nitrogens is 6. The third-order valence-corrected chi connectivity index (χ3v) is 7.11. The first-order chi connectivity index (χ1) is 12.6. The number of unbranched alkanes of at least 4 members (excludes halogenated alkanes) is 2. The van der Waals surface area contributed by atoms with Crippen molar-refractivity contribution in [1.82, 2.24) is 29.9 Å². The first kappa shape index (κ1) is 22.2. The fourth-order valence-corrected chi connectivity index (χ4v) is 5.81. The van der Waals surface area contributed by atoms with Crippen molar-refractivity contribution in [3.05, 3.63) is 9.54 Å². The highest BCUT2D eigenvalue weighted by Crippen LogP contribution is 2.34. The number of rotatable bonds is 11. The van der Waals surface area contributed by atoms with Gasteiger partial charge in [-0.1, -0.05) is 50.2 Å². The number of hydrogen-bond donors (Lipinski definition) is 2. The molecule has 0 saturated heterocycles. The molecule has 12 heteroatoms. The first-order valence-electron chi connectivity index (χ1n) is 8.17. The summed E-state index contributed by atoms with van der Waals surface area (Å²) in [7, 11) is 2.88. The monoisotopic (exact) mass is 464 g/mol. The lowest BCUT2D eigenvalue weighted by Gasteiger charge is -2.04. The summed E-state index contributed by atoms with van der Waals surface area (Å²) in [5.41, 5.74) is 0. The highest BCUT2D eigenvalue weighted by molar-refractivity contribution is 8.76. The molecule has 142 valence electrons. The van der Waals surface area contributed by atoms with Crippen molar-refractivity contribution in [2.45, 2.75) is 60.2 Å². The molecule has 0 bridgehead atoms. The van der Waals surface area contributed by atoms with E-state index in [-0.39, 0.29) is 0 Å². The van der Waals surface area contributed by atoms with Crippen molar-refractivity contribution >= 4 is 69.5 Å². The second-order valence-corrected chi connectivity index (χ2v) is 10.1. The van der Waals surface area contributed by atoms with Gasteiger partial charge in [-0.15, -0.1) is 0 Å². The third-order valence-electron chi connectivity index (χ3n) is 2.87. The van der Waals surface area contributed by atoms with Crippen molar-refractivity contribution in [2.75, 3.05) is 11.5 Å². The van der Waals surface area contributed by atoms with E-state index < -0.39 is 0 Å². The summed E-state index contributed by atoms with van der Waals surface area (Å²) >= 11 is 13.7. The first-order valence-corrected chi connectivity index (χ1v) is 13.1. The number of thioether (sulfide) groups is 2. The number of H-pyrrole nitrogens is 2. The van der Waals surface area contributed by atoms with Gasteiger partial charge < -0.3 is 9.97 Å². The third kappa shape index (κ3) is 8.26. The minimum absolute atomic E-state index is 0.438. The molecule has 0 fully saturated rings. The Balaban J connectivity index is 2.01. The van der Waals surface area contributed by atoms with E-state index in [1.165, 1.54) is 21.6 Å². The topological polar surface area (TPSA) is 83.1 Å². The van der Waals surface area contributed by atoms with Crippen LogP contribution in [0.4, 0.5) is 0 Å². The maximum absolute atomic E-state index is 5.20. The molecule has 26 heavy (non-hydrogen) atoms. The average Bonchev–Trinajstić information content (AvgIpc) is 2.60. The molecule has 0 spiro atoms. The summed E-state index contributed by atoms with van der Waals surface area (Å²) in [5.74, 6) is 1.98. The summed E-state index contributed by atoms with van der Waals surface area (Å²) in [6.45, 7) is 4.33. The Hall–Kier alpha value is -0.140. The van der Waals surface area contributed by atoms with Gasteiger partial charge in [0.1, 0.15) is 0 Å². The quantitative estimate of drug-likeness (QED) is 0.180. The van der Waals surface area contributed by atoms with E-state index in [9.17, 15) is 0 Å². The molecule has 0 aliphatic carbocycles. The molecule has 2 N–H and O–H groups in total. The minimum Gasteiger partial charge on any atom is -0.309 e. The van der Waals surface area contributed by atoms with E-state index >= 15 is 0 Å². The molecule has 0 aliphatic heterocycles. The van der Waals surface area contributed by atoms with Crippen molar-refractivity contribution in [3.63, 3.8) is 0 Å².